The predicted octanol–water partition coefficient (Wildman–Crippen LogP) is 3.08. The highest BCUT2D eigenvalue weighted by molar-refractivity contribution is 5.20. The Hall–Kier alpha value is -0.900. The van der Waals surface area contributed by atoms with Crippen molar-refractivity contribution in [2.75, 3.05) is 27.3 Å². The Morgan fingerprint density at radius 2 is 1.85 bits per heavy atom. The molecule has 3 atom stereocenters. The standard InChI is InChI=1S/C17H30N2O/c1-6-12-18-17(16-10-8-7-9-11-16)15(3)19(4)14(2)13-20-5/h7-11,14-15,17-18H,6,12-13H2,1-5H3. The van der Waals surface area contributed by atoms with Crippen LogP contribution in [0, 0.1) is 0 Å². The Bertz CT molecular complexity index is 355. The molecular formula is C17H30N2O. The Labute approximate surface area is 124 Å². The lowest BCUT2D eigenvalue weighted by Gasteiger charge is -2.36. The topological polar surface area (TPSA) is 24.5 Å². The summed E-state index contributed by atoms with van der Waals surface area (Å²) in [4.78, 5) is 2.39. The van der Waals surface area contributed by atoms with E-state index in [0.717, 1.165) is 19.6 Å². The molecule has 0 aliphatic carbocycles. The summed E-state index contributed by atoms with van der Waals surface area (Å²) in [5.74, 6) is 0. The van der Waals surface area contributed by atoms with Crippen LogP contribution in [0.5, 0.6) is 0 Å². The molecule has 1 rings (SSSR count). The minimum absolute atomic E-state index is 0.348. The van der Waals surface area contributed by atoms with Gasteiger partial charge in [-0.15, -0.1) is 0 Å². The predicted molar refractivity (Wildman–Crippen MR) is 86.0 cm³/mol. The van der Waals surface area contributed by atoms with Gasteiger partial charge in [0.25, 0.3) is 0 Å². The highest BCUT2D eigenvalue weighted by Gasteiger charge is 2.24. The van der Waals surface area contributed by atoms with Crippen LogP contribution in [-0.4, -0.2) is 44.3 Å². The van der Waals surface area contributed by atoms with Crippen LogP contribution >= 0.6 is 0 Å². The maximum Gasteiger partial charge on any atom is 0.0615 e. The zero-order valence-electron chi connectivity index (χ0n) is 13.6. The van der Waals surface area contributed by atoms with E-state index in [9.17, 15) is 0 Å². The largest absolute Gasteiger partial charge is 0.383 e. The number of nitrogens with one attached hydrogen (secondary N) is 1. The van der Waals surface area contributed by atoms with Gasteiger partial charge in [0.1, 0.15) is 0 Å². The van der Waals surface area contributed by atoms with Gasteiger partial charge in [0, 0.05) is 25.2 Å². The van der Waals surface area contributed by atoms with Gasteiger partial charge in [0.2, 0.25) is 0 Å². The molecule has 0 saturated heterocycles. The number of likely N-dealkylation sites (N-methyl/N-ethyl adjacent to an activating group) is 1. The van der Waals surface area contributed by atoms with Crippen LogP contribution in [0.1, 0.15) is 38.8 Å². The molecule has 0 aromatic heterocycles. The Morgan fingerprint density at radius 1 is 1.20 bits per heavy atom. The molecule has 0 heterocycles. The van der Waals surface area contributed by atoms with Crippen LogP contribution in [0.25, 0.3) is 0 Å². The highest BCUT2D eigenvalue weighted by Crippen LogP contribution is 2.21. The van der Waals surface area contributed by atoms with E-state index >= 15 is 0 Å². The van der Waals surface area contributed by atoms with Crippen molar-refractivity contribution in [1.29, 1.82) is 0 Å². The Kier molecular flexibility index (Phi) is 7.82. The molecule has 1 aromatic carbocycles. The van der Waals surface area contributed by atoms with Crippen molar-refractivity contribution in [1.82, 2.24) is 10.2 Å². The van der Waals surface area contributed by atoms with Gasteiger partial charge >= 0.3 is 0 Å². The monoisotopic (exact) mass is 278 g/mol. The molecule has 0 spiro atoms. The molecule has 0 amide bonds. The summed E-state index contributed by atoms with van der Waals surface area (Å²) in [5, 5.41) is 3.68. The zero-order chi connectivity index (χ0) is 15.0. The first-order valence-electron chi connectivity index (χ1n) is 7.61. The summed E-state index contributed by atoms with van der Waals surface area (Å²) in [7, 11) is 3.94. The second-order valence-electron chi connectivity index (χ2n) is 5.55. The minimum Gasteiger partial charge on any atom is -0.383 e. The van der Waals surface area contributed by atoms with Crippen LogP contribution in [0.4, 0.5) is 0 Å². The number of rotatable bonds is 9. The summed E-state index contributed by atoms with van der Waals surface area (Å²) in [6.45, 7) is 8.50. The van der Waals surface area contributed by atoms with Gasteiger partial charge in [-0.1, -0.05) is 37.3 Å². The molecule has 114 valence electrons. The van der Waals surface area contributed by atoms with Gasteiger partial charge in [0.05, 0.1) is 6.61 Å². The maximum atomic E-state index is 5.28. The Balaban J connectivity index is 2.81. The van der Waals surface area contributed by atoms with Crippen molar-refractivity contribution in [3.8, 4) is 0 Å². The number of benzene rings is 1. The summed E-state index contributed by atoms with van der Waals surface area (Å²) in [6, 6.07) is 11.9. The molecule has 1 N–H and O–H groups in total. The normalized spacial score (nSPS) is 16.1. The fourth-order valence-electron chi connectivity index (χ4n) is 2.52. The maximum absolute atomic E-state index is 5.28. The van der Waals surface area contributed by atoms with E-state index < -0.39 is 0 Å². The third-order valence-electron chi connectivity index (χ3n) is 4.00. The molecule has 3 unspecified atom stereocenters. The molecule has 3 nitrogen and oxygen atoms in total. The molecule has 0 bridgehead atoms. The molecule has 0 aliphatic heterocycles. The lowest BCUT2D eigenvalue weighted by Crippen LogP contribution is -2.46. The van der Waals surface area contributed by atoms with E-state index in [4.69, 9.17) is 4.74 Å². The smallest absolute Gasteiger partial charge is 0.0615 e. The SMILES string of the molecule is CCCNC(c1ccccc1)C(C)N(C)C(C)COC. The van der Waals surface area contributed by atoms with Crippen LogP contribution < -0.4 is 5.32 Å². The molecule has 0 saturated carbocycles. The van der Waals surface area contributed by atoms with Crippen LogP contribution in [0.3, 0.4) is 0 Å². The van der Waals surface area contributed by atoms with Crippen LogP contribution in [0.15, 0.2) is 30.3 Å². The third-order valence-corrected chi connectivity index (χ3v) is 4.00. The van der Waals surface area contributed by atoms with Crippen molar-refractivity contribution in [3.63, 3.8) is 0 Å². The zero-order valence-corrected chi connectivity index (χ0v) is 13.6. The summed E-state index contributed by atoms with van der Waals surface area (Å²) in [5.41, 5.74) is 1.35. The van der Waals surface area contributed by atoms with Gasteiger partial charge in [-0.05, 0) is 39.4 Å². The van der Waals surface area contributed by atoms with Crippen molar-refractivity contribution in [2.45, 2.75) is 45.3 Å². The average molecular weight is 278 g/mol. The van der Waals surface area contributed by atoms with Crippen molar-refractivity contribution in [3.05, 3.63) is 35.9 Å². The quantitative estimate of drug-likeness (QED) is 0.751. The van der Waals surface area contributed by atoms with Gasteiger partial charge in [-0.2, -0.15) is 0 Å². The van der Waals surface area contributed by atoms with E-state index in [1.165, 1.54) is 5.56 Å². The van der Waals surface area contributed by atoms with Crippen molar-refractivity contribution in [2.24, 2.45) is 0 Å². The Morgan fingerprint density at radius 3 is 2.40 bits per heavy atom. The number of methoxy groups -OCH3 is 1. The molecule has 3 heteroatoms. The second kappa shape index (κ2) is 9.11. The van der Waals surface area contributed by atoms with E-state index in [1.807, 2.05) is 0 Å². The van der Waals surface area contributed by atoms with Crippen molar-refractivity contribution >= 4 is 0 Å². The first-order chi connectivity index (χ1) is 9.61. The van der Waals surface area contributed by atoms with Gasteiger partial charge in [-0.3, -0.25) is 4.90 Å². The number of hydrogen-bond donors (Lipinski definition) is 1. The molecule has 0 fully saturated rings. The molecule has 20 heavy (non-hydrogen) atoms. The van der Waals surface area contributed by atoms with E-state index in [1.54, 1.807) is 7.11 Å². The van der Waals surface area contributed by atoms with Crippen molar-refractivity contribution < 1.29 is 4.74 Å². The summed E-state index contributed by atoms with van der Waals surface area (Å²) in [6.07, 6.45) is 1.15. The fraction of sp³-hybridized carbons (Fsp3) is 0.647. The molecular weight excluding hydrogens is 248 g/mol. The molecule has 0 radical (unpaired) electrons. The number of hydrogen-bond acceptors (Lipinski definition) is 3. The summed E-state index contributed by atoms with van der Waals surface area (Å²) >= 11 is 0. The van der Waals surface area contributed by atoms with E-state index in [-0.39, 0.29) is 0 Å². The fourth-order valence-corrected chi connectivity index (χ4v) is 2.52. The number of nitrogens with zero attached hydrogens (tertiary/aromatic N) is 1. The van der Waals surface area contributed by atoms with E-state index in [2.05, 4.69) is 68.4 Å². The van der Waals surface area contributed by atoms with Crippen LogP contribution in [-0.2, 0) is 4.74 Å². The minimum atomic E-state index is 0.348. The number of ether oxygens (including phenoxy) is 1. The lowest BCUT2D eigenvalue weighted by molar-refractivity contribution is 0.0810. The first kappa shape index (κ1) is 17.2. The van der Waals surface area contributed by atoms with Gasteiger partial charge < -0.3 is 10.1 Å². The average Bonchev–Trinajstić information content (AvgIpc) is 2.48. The highest BCUT2D eigenvalue weighted by atomic mass is 16.5. The molecule has 1 aromatic rings. The van der Waals surface area contributed by atoms with E-state index in [0.29, 0.717) is 18.1 Å². The van der Waals surface area contributed by atoms with Crippen LogP contribution in [0.2, 0.25) is 0 Å². The third kappa shape index (κ3) is 4.89. The summed E-state index contributed by atoms with van der Waals surface area (Å²) < 4.78 is 5.28. The van der Waals surface area contributed by atoms with Gasteiger partial charge in [-0.25, -0.2) is 0 Å². The lowest BCUT2D eigenvalue weighted by atomic mass is 9.98. The molecule has 0 aliphatic rings. The first-order valence-corrected chi connectivity index (χ1v) is 7.61. The van der Waals surface area contributed by atoms with Gasteiger partial charge in [0.15, 0.2) is 0 Å². The second-order valence-corrected chi connectivity index (χ2v) is 5.55.